The zero-order valence-corrected chi connectivity index (χ0v) is 23.6. The maximum atomic E-state index is 5.45. The summed E-state index contributed by atoms with van der Waals surface area (Å²) in [6.07, 6.45) is 7.40. The second-order valence-corrected chi connectivity index (χ2v) is 9.34. The fourth-order valence-corrected chi connectivity index (χ4v) is 5.07. The van der Waals surface area contributed by atoms with Gasteiger partial charge < -0.3 is 24.6 Å². The highest BCUT2D eigenvalue weighted by Crippen LogP contribution is 2.31. The van der Waals surface area contributed by atoms with Crippen LogP contribution in [0.5, 0.6) is 11.5 Å². The quantitative estimate of drug-likeness (QED) is 0.293. The molecule has 0 aliphatic carbocycles. The van der Waals surface area contributed by atoms with Crippen molar-refractivity contribution < 1.29 is 9.47 Å². The summed E-state index contributed by atoms with van der Waals surface area (Å²) in [5, 5.41) is 3.74. The van der Waals surface area contributed by atoms with E-state index in [1.807, 2.05) is 13.1 Å². The first-order chi connectivity index (χ1) is 15.5. The summed E-state index contributed by atoms with van der Waals surface area (Å²) >= 11 is 0. The number of benzene rings is 1. The van der Waals surface area contributed by atoms with Crippen molar-refractivity contribution >= 4 is 29.9 Å². The van der Waals surface area contributed by atoms with E-state index in [1.54, 1.807) is 14.2 Å². The zero-order chi connectivity index (χ0) is 23.0. The molecule has 33 heavy (non-hydrogen) atoms. The number of likely N-dealkylation sites (N-methyl/N-ethyl adjacent to an activating group) is 1. The molecule has 0 unspecified atom stereocenters. The Hall–Kier alpha value is -1.26. The minimum Gasteiger partial charge on any atom is -0.493 e. The molecule has 3 rings (SSSR count). The fraction of sp³-hybridized carbons (Fsp3) is 0.720. The van der Waals surface area contributed by atoms with E-state index in [1.165, 1.54) is 63.8 Å². The van der Waals surface area contributed by atoms with E-state index >= 15 is 0 Å². The van der Waals surface area contributed by atoms with E-state index in [9.17, 15) is 0 Å². The lowest BCUT2D eigenvalue weighted by Crippen LogP contribution is -2.62. The smallest absolute Gasteiger partial charge is 0.193 e. The highest BCUT2D eigenvalue weighted by molar-refractivity contribution is 14.0. The summed E-state index contributed by atoms with van der Waals surface area (Å²) in [6, 6.07) is 6.14. The van der Waals surface area contributed by atoms with Crippen LogP contribution in [0.25, 0.3) is 0 Å². The third-order valence-electron chi connectivity index (χ3n) is 7.28. The number of halogens is 1. The van der Waals surface area contributed by atoms with Gasteiger partial charge >= 0.3 is 0 Å². The highest BCUT2D eigenvalue weighted by atomic mass is 127. The van der Waals surface area contributed by atoms with Crippen LogP contribution in [0.3, 0.4) is 0 Å². The molecule has 0 radical (unpaired) electrons. The first kappa shape index (κ1) is 28.0. The summed E-state index contributed by atoms with van der Waals surface area (Å²) in [6.45, 7) is 6.67. The zero-order valence-electron chi connectivity index (χ0n) is 21.2. The van der Waals surface area contributed by atoms with Crippen molar-refractivity contribution in [2.45, 2.75) is 44.1 Å². The molecule has 0 atom stereocenters. The number of hydrogen-bond donors (Lipinski definition) is 1. The molecule has 8 heteroatoms. The van der Waals surface area contributed by atoms with Gasteiger partial charge in [0.25, 0.3) is 0 Å². The molecule has 0 saturated carbocycles. The van der Waals surface area contributed by atoms with Gasteiger partial charge in [-0.05, 0) is 83.0 Å². The van der Waals surface area contributed by atoms with E-state index in [2.05, 4.69) is 51.2 Å². The van der Waals surface area contributed by atoms with E-state index in [0.29, 0.717) is 0 Å². The van der Waals surface area contributed by atoms with Gasteiger partial charge in [0.15, 0.2) is 17.5 Å². The van der Waals surface area contributed by atoms with Crippen LogP contribution in [-0.2, 0) is 6.42 Å². The van der Waals surface area contributed by atoms with E-state index < -0.39 is 0 Å². The highest BCUT2D eigenvalue weighted by Gasteiger charge is 2.39. The maximum absolute atomic E-state index is 5.45. The molecule has 2 aliphatic rings. The number of hydrogen-bond acceptors (Lipinski definition) is 5. The number of methoxy groups -OCH3 is 2. The second kappa shape index (κ2) is 13.6. The largest absolute Gasteiger partial charge is 0.493 e. The molecule has 2 saturated heterocycles. The summed E-state index contributed by atoms with van der Waals surface area (Å²) in [7, 11) is 9.60. The number of piperidine rings is 2. The first-order valence-corrected chi connectivity index (χ1v) is 12.1. The van der Waals surface area contributed by atoms with Crippen LogP contribution in [0.15, 0.2) is 23.2 Å². The lowest BCUT2D eigenvalue weighted by molar-refractivity contribution is 0.0170. The van der Waals surface area contributed by atoms with Gasteiger partial charge in [-0.15, -0.1) is 24.0 Å². The molecule has 2 heterocycles. The SMILES string of the molecule is CN=C(NCC1(N2CCCCC2)CCN(C)CC1)N(C)CCc1ccc(OC)c(OC)c1.I. The number of guanidine groups is 1. The average molecular weight is 574 g/mol. The average Bonchev–Trinajstić information content (AvgIpc) is 2.84. The number of nitrogens with one attached hydrogen (secondary N) is 1. The number of rotatable bonds is 8. The molecule has 2 aliphatic heterocycles. The van der Waals surface area contributed by atoms with Crippen molar-refractivity contribution in [3.63, 3.8) is 0 Å². The Morgan fingerprint density at radius 1 is 1.06 bits per heavy atom. The minimum atomic E-state index is 0. The van der Waals surface area contributed by atoms with Crippen LogP contribution in [0.2, 0.25) is 0 Å². The predicted molar refractivity (Wildman–Crippen MR) is 148 cm³/mol. The predicted octanol–water partition coefficient (Wildman–Crippen LogP) is 3.32. The summed E-state index contributed by atoms with van der Waals surface area (Å²) in [5.41, 5.74) is 1.47. The van der Waals surface area contributed by atoms with E-state index in [4.69, 9.17) is 9.47 Å². The summed E-state index contributed by atoms with van der Waals surface area (Å²) < 4.78 is 10.8. The topological polar surface area (TPSA) is 52.6 Å². The van der Waals surface area contributed by atoms with Crippen molar-refractivity contribution in [1.29, 1.82) is 0 Å². The monoisotopic (exact) mass is 573 g/mol. The molecule has 188 valence electrons. The van der Waals surface area contributed by atoms with Gasteiger partial charge in [0.05, 0.1) is 14.2 Å². The Labute approximate surface area is 217 Å². The first-order valence-electron chi connectivity index (χ1n) is 12.1. The van der Waals surface area contributed by atoms with Crippen molar-refractivity contribution in [2.24, 2.45) is 4.99 Å². The van der Waals surface area contributed by atoms with Crippen molar-refractivity contribution in [1.82, 2.24) is 20.0 Å². The van der Waals surface area contributed by atoms with E-state index in [-0.39, 0.29) is 29.5 Å². The molecule has 2 fully saturated rings. The van der Waals surface area contributed by atoms with Crippen LogP contribution < -0.4 is 14.8 Å². The second-order valence-electron chi connectivity index (χ2n) is 9.34. The summed E-state index contributed by atoms with van der Waals surface area (Å²) in [5.74, 6) is 2.52. The minimum absolute atomic E-state index is 0. The third-order valence-corrected chi connectivity index (χ3v) is 7.28. The van der Waals surface area contributed by atoms with Crippen LogP contribution in [0, 0.1) is 0 Å². The number of likely N-dealkylation sites (tertiary alicyclic amines) is 2. The van der Waals surface area contributed by atoms with Gasteiger partial charge in [0.1, 0.15) is 0 Å². The van der Waals surface area contributed by atoms with Gasteiger partial charge in [-0.1, -0.05) is 12.5 Å². The van der Waals surface area contributed by atoms with Gasteiger partial charge in [0.2, 0.25) is 0 Å². The lowest BCUT2D eigenvalue weighted by Gasteiger charge is -2.50. The normalized spacial score (nSPS) is 19.5. The number of ether oxygens (including phenoxy) is 2. The van der Waals surface area contributed by atoms with Crippen LogP contribution in [-0.4, -0.2) is 101 Å². The molecular weight excluding hydrogens is 529 g/mol. The molecule has 1 N–H and O–H groups in total. The van der Waals surface area contributed by atoms with Crippen LogP contribution in [0.1, 0.15) is 37.7 Å². The van der Waals surface area contributed by atoms with Crippen LogP contribution in [0.4, 0.5) is 0 Å². The molecule has 0 bridgehead atoms. The summed E-state index contributed by atoms with van der Waals surface area (Å²) in [4.78, 5) is 12.1. The Morgan fingerprint density at radius 2 is 1.73 bits per heavy atom. The molecule has 7 nitrogen and oxygen atoms in total. The molecule has 1 aromatic rings. The van der Waals surface area contributed by atoms with Crippen LogP contribution >= 0.6 is 24.0 Å². The van der Waals surface area contributed by atoms with Crippen molar-refractivity contribution in [3.05, 3.63) is 23.8 Å². The Balaban J connectivity index is 0.00000385. The molecule has 0 spiro atoms. The number of nitrogens with zero attached hydrogens (tertiary/aromatic N) is 4. The Morgan fingerprint density at radius 3 is 2.33 bits per heavy atom. The Kier molecular flexibility index (Phi) is 11.5. The third kappa shape index (κ3) is 7.36. The standard InChI is InChI=1S/C25H43N5O2.HI/c1-26-24(29(3)16-11-21-9-10-22(31-4)23(19-21)32-5)27-20-25(12-17-28(2)18-13-25)30-14-7-6-8-15-30;/h9-10,19H,6-8,11-18,20H2,1-5H3,(H,26,27);1H. The van der Waals surface area contributed by atoms with Gasteiger partial charge in [-0.2, -0.15) is 0 Å². The molecule has 1 aromatic carbocycles. The lowest BCUT2D eigenvalue weighted by atomic mass is 9.84. The van der Waals surface area contributed by atoms with E-state index in [0.717, 1.165) is 37.0 Å². The van der Waals surface area contributed by atoms with Gasteiger partial charge in [-0.25, -0.2) is 0 Å². The van der Waals surface area contributed by atoms with Gasteiger partial charge in [0, 0.05) is 32.7 Å². The maximum Gasteiger partial charge on any atom is 0.193 e. The Bertz CT molecular complexity index is 746. The molecule has 0 aromatic heterocycles. The molecular formula is C25H44IN5O2. The fourth-order valence-electron chi connectivity index (χ4n) is 5.07. The van der Waals surface area contributed by atoms with Crippen molar-refractivity contribution in [2.75, 3.05) is 74.6 Å². The van der Waals surface area contributed by atoms with Gasteiger partial charge in [-0.3, -0.25) is 9.89 Å². The van der Waals surface area contributed by atoms with Crippen molar-refractivity contribution in [3.8, 4) is 11.5 Å². The molecule has 0 amide bonds. The number of aliphatic imine (C=N–C) groups is 1.